The Morgan fingerprint density at radius 1 is 1.29 bits per heavy atom. The average Bonchev–Trinajstić information content (AvgIpc) is 2.61. The van der Waals surface area contributed by atoms with Crippen molar-refractivity contribution in [3.63, 3.8) is 0 Å². The van der Waals surface area contributed by atoms with Crippen LogP contribution >= 0.6 is 31.9 Å². The number of nitrogens with zero attached hydrogens (tertiary/aromatic N) is 1. The summed E-state index contributed by atoms with van der Waals surface area (Å²) in [5.41, 5.74) is 2.40. The standard InChI is InChI=1S/C21H24Br2N2O3/c1-13-5-17(22)21(18(23)6-13)28-12-16(26)11-24-8-14-7-15(10-24)19-3-2-4-20(27)25(19)9-14/h2-6,14-16,26H,7-12H2,1H3/p+1. The maximum Gasteiger partial charge on any atom is 0.250 e. The van der Waals surface area contributed by atoms with Crippen molar-refractivity contribution >= 4 is 31.9 Å². The molecule has 0 amide bonds. The number of aliphatic hydroxyl groups is 1. The molecule has 0 saturated carbocycles. The highest BCUT2D eigenvalue weighted by atomic mass is 79.9. The van der Waals surface area contributed by atoms with Crippen LogP contribution in [0.25, 0.3) is 0 Å². The van der Waals surface area contributed by atoms with E-state index in [0.717, 1.165) is 52.0 Å². The van der Waals surface area contributed by atoms with Gasteiger partial charge in [0.05, 0.1) is 22.0 Å². The molecule has 2 aliphatic heterocycles. The minimum absolute atomic E-state index is 0.110. The van der Waals surface area contributed by atoms with E-state index in [1.54, 1.807) is 6.07 Å². The van der Waals surface area contributed by atoms with Gasteiger partial charge < -0.3 is 19.3 Å². The van der Waals surface area contributed by atoms with Gasteiger partial charge in [-0.1, -0.05) is 6.07 Å². The first-order valence-electron chi connectivity index (χ1n) is 9.70. The van der Waals surface area contributed by atoms with Gasteiger partial charge in [-0.05, 0) is 69.0 Å². The van der Waals surface area contributed by atoms with Gasteiger partial charge in [-0.25, -0.2) is 0 Å². The Morgan fingerprint density at radius 3 is 2.79 bits per heavy atom. The van der Waals surface area contributed by atoms with Crippen molar-refractivity contribution in [2.24, 2.45) is 5.92 Å². The predicted octanol–water partition coefficient (Wildman–Crippen LogP) is 2.12. The SMILES string of the molecule is Cc1cc(Br)c(OCC(O)C[NH+]2CC3CC(C2)c2cccc(=O)n2C3)c(Br)c1. The summed E-state index contributed by atoms with van der Waals surface area (Å²) in [7, 11) is 0. The first kappa shape index (κ1) is 20.1. The Kier molecular flexibility index (Phi) is 5.97. The number of benzene rings is 1. The van der Waals surface area contributed by atoms with E-state index >= 15 is 0 Å². The van der Waals surface area contributed by atoms with Crippen LogP contribution in [0.2, 0.25) is 0 Å². The number of ether oxygens (including phenoxy) is 1. The summed E-state index contributed by atoms with van der Waals surface area (Å²) in [5, 5.41) is 10.6. The van der Waals surface area contributed by atoms with E-state index in [1.165, 1.54) is 4.90 Å². The fourth-order valence-electron chi connectivity index (χ4n) is 4.68. The van der Waals surface area contributed by atoms with Crippen LogP contribution in [0.1, 0.15) is 23.6 Å². The number of pyridine rings is 1. The molecule has 1 fully saturated rings. The molecule has 2 aromatic rings. The van der Waals surface area contributed by atoms with Crippen LogP contribution in [0.15, 0.2) is 44.1 Å². The van der Waals surface area contributed by atoms with Crippen molar-refractivity contribution in [3.05, 3.63) is 60.9 Å². The maximum atomic E-state index is 12.1. The number of aromatic nitrogens is 1. The summed E-state index contributed by atoms with van der Waals surface area (Å²) in [6.45, 7) is 5.68. The molecule has 0 spiro atoms. The largest absolute Gasteiger partial charge is 0.488 e. The zero-order valence-corrected chi connectivity index (χ0v) is 19.0. The van der Waals surface area contributed by atoms with Gasteiger partial charge in [0.15, 0.2) is 0 Å². The van der Waals surface area contributed by atoms with E-state index in [9.17, 15) is 9.90 Å². The lowest BCUT2D eigenvalue weighted by Gasteiger charge is -2.40. The second-order valence-electron chi connectivity index (χ2n) is 8.08. The number of quaternary nitrogens is 1. The molecule has 1 aromatic carbocycles. The van der Waals surface area contributed by atoms with Gasteiger partial charge in [0.1, 0.15) is 25.0 Å². The van der Waals surface area contributed by atoms with Gasteiger partial charge in [-0.3, -0.25) is 4.79 Å². The van der Waals surface area contributed by atoms with Crippen molar-refractivity contribution < 1.29 is 14.7 Å². The van der Waals surface area contributed by atoms with E-state index in [0.29, 0.717) is 18.4 Å². The Hall–Kier alpha value is -1.15. The Labute approximate surface area is 181 Å². The number of aliphatic hydroxyl groups excluding tert-OH is 1. The Morgan fingerprint density at radius 2 is 2.04 bits per heavy atom. The molecule has 150 valence electrons. The molecule has 28 heavy (non-hydrogen) atoms. The molecule has 0 radical (unpaired) electrons. The third-order valence-electron chi connectivity index (χ3n) is 5.76. The van der Waals surface area contributed by atoms with Crippen LogP contribution in [-0.2, 0) is 6.54 Å². The van der Waals surface area contributed by atoms with Gasteiger partial charge in [0, 0.05) is 30.1 Å². The molecule has 2 bridgehead atoms. The average molecular weight is 513 g/mol. The molecule has 2 N–H and O–H groups in total. The van der Waals surface area contributed by atoms with Crippen molar-refractivity contribution in [1.82, 2.24) is 4.57 Å². The number of hydrogen-bond acceptors (Lipinski definition) is 3. The minimum Gasteiger partial charge on any atom is -0.488 e. The molecule has 7 heteroatoms. The summed E-state index contributed by atoms with van der Waals surface area (Å²) < 4.78 is 9.60. The number of rotatable bonds is 5. The van der Waals surface area contributed by atoms with Crippen LogP contribution in [0.5, 0.6) is 5.75 Å². The molecule has 4 unspecified atom stereocenters. The topological polar surface area (TPSA) is 55.9 Å². The van der Waals surface area contributed by atoms with Gasteiger partial charge in [-0.15, -0.1) is 0 Å². The lowest BCUT2D eigenvalue weighted by molar-refractivity contribution is -0.914. The highest BCUT2D eigenvalue weighted by Crippen LogP contribution is 2.34. The lowest BCUT2D eigenvalue weighted by Crippen LogP contribution is -3.15. The fraction of sp³-hybridized carbons (Fsp3) is 0.476. The van der Waals surface area contributed by atoms with Gasteiger partial charge in [0.2, 0.25) is 0 Å². The van der Waals surface area contributed by atoms with Crippen molar-refractivity contribution in [2.75, 3.05) is 26.2 Å². The lowest BCUT2D eigenvalue weighted by atomic mass is 9.83. The van der Waals surface area contributed by atoms with Crippen molar-refractivity contribution in [3.8, 4) is 5.75 Å². The zero-order valence-electron chi connectivity index (χ0n) is 15.8. The first-order valence-corrected chi connectivity index (χ1v) is 11.3. The van der Waals surface area contributed by atoms with E-state index < -0.39 is 6.10 Å². The molecule has 3 heterocycles. The molecule has 1 saturated heterocycles. The number of nitrogens with one attached hydrogen (secondary N) is 1. The maximum absolute atomic E-state index is 12.1. The van der Waals surface area contributed by atoms with Crippen molar-refractivity contribution in [1.29, 1.82) is 0 Å². The van der Waals surface area contributed by atoms with Gasteiger partial charge >= 0.3 is 0 Å². The van der Waals surface area contributed by atoms with E-state index in [2.05, 4.69) is 37.9 Å². The Bertz CT molecular complexity index is 907. The summed E-state index contributed by atoms with van der Waals surface area (Å²) in [6.07, 6.45) is 0.606. The first-order chi connectivity index (χ1) is 13.4. The highest BCUT2D eigenvalue weighted by Gasteiger charge is 2.37. The molecule has 1 aromatic heterocycles. The number of piperidine rings is 1. The minimum atomic E-state index is -0.535. The molecule has 4 atom stereocenters. The van der Waals surface area contributed by atoms with Crippen molar-refractivity contribution in [2.45, 2.75) is 31.9 Å². The quantitative estimate of drug-likeness (QED) is 0.645. The highest BCUT2D eigenvalue weighted by molar-refractivity contribution is 9.11. The molecular weight excluding hydrogens is 488 g/mol. The third kappa shape index (κ3) is 4.22. The normalized spacial score (nSPS) is 24.5. The number of aryl methyl sites for hydroxylation is 1. The van der Waals surface area contributed by atoms with Crippen LogP contribution < -0.4 is 15.2 Å². The summed E-state index contributed by atoms with van der Waals surface area (Å²) in [5.74, 6) is 1.61. The van der Waals surface area contributed by atoms with Crippen LogP contribution in [0, 0.1) is 12.8 Å². The summed E-state index contributed by atoms with van der Waals surface area (Å²) in [6, 6.07) is 9.60. The molecule has 0 aliphatic carbocycles. The smallest absolute Gasteiger partial charge is 0.250 e. The molecular formula is C21H25Br2N2O3+. The van der Waals surface area contributed by atoms with Crippen LogP contribution in [0.4, 0.5) is 0 Å². The zero-order chi connectivity index (χ0) is 19.8. The second kappa shape index (κ2) is 8.30. The summed E-state index contributed by atoms with van der Waals surface area (Å²) in [4.78, 5) is 13.5. The fourth-order valence-corrected chi connectivity index (χ4v) is 6.33. The van der Waals surface area contributed by atoms with Crippen LogP contribution in [-0.4, -0.2) is 42.0 Å². The van der Waals surface area contributed by atoms with Crippen LogP contribution in [0.3, 0.4) is 0 Å². The monoisotopic (exact) mass is 511 g/mol. The van der Waals surface area contributed by atoms with E-state index in [-0.39, 0.29) is 12.2 Å². The molecule has 2 aliphatic rings. The number of hydrogen-bond donors (Lipinski definition) is 2. The van der Waals surface area contributed by atoms with E-state index in [1.807, 2.05) is 29.7 Å². The Balaban J connectivity index is 1.37. The predicted molar refractivity (Wildman–Crippen MR) is 115 cm³/mol. The molecule has 4 rings (SSSR count). The van der Waals surface area contributed by atoms with E-state index in [4.69, 9.17) is 4.74 Å². The number of likely N-dealkylation sites (tertiary alicyclic amines) is 1. The third-order valence-corrected chi connectivity index (χ3v) is 6.94. The number of halogens is 2. The number of fused-ring (bicyclic) bond motifs is 4. The van der Waals surface area contributed by atoms with Gasteiger partial charge in [0.25, 0.3) is 5.56 Å². The van der Waals surface area contributed by atoms with Gasteiger partial charge in [-0.2, -0.15) is 0 Å². The second-order valence-corrected chi connectivity index (χ2v) is 9.79. The molecule has 5 nitrogen and oxygen atoms in total. The summed E-state index contributed by atoms with van der Waals surface area (Å²) >= 11 is 7.06.